The highest BCUT2D eigenvalue weighted by Crippen LogP contribution is 2.16. The molecular formula is C19H22F2N4O. The van der Waals surface area contributed by atoms with Gasteiger partial charge in [-0.2, -0.15) is 0 Å². The highest BCUT2D eigenvalue weighted by atomic mass is 19.1. The number of hydrogen-bond donors (Lipinski definition) is 3. The Labute approximate surface area is 151 Å². The van der Waals surface area contributed by atoms with Crippen LogP contribution in [0.2, 0.25) is 0 Å². The molecular weight excluding hydrogens is 338 g/mol. The summed E-state index contributed by atoms with van der Waals surface area (Å²) in [5.41, 5.74) is 7.81. The van der Waals surface area contributed by atoms with Gasteiger partial charge in [0.05, 0.1) is 5.69 Å². The zero-order chi connectivity index (χ0) is 18.5. The Morgan fingerprint density at radius 1 is 1.23 bits per heavy atom. The average Bonchev–Trinajstić information content (AvgIpc) is 3.10. The van der Waals surface area contributed by atoms with E-state index in [2.05, 4.69) is 28.1 Å². The molecule has 1 saturated heterocycles. The fraction of sp³-hybridized carbons (Fsp3) is 0.316. The lowest BCUT2D eigenvalue weighted by atomic mass is 10.1. The zero-order valence-electron chi connectivity index (χ0n) is 14.6. The predicted octanol–water partition coefficient (Wildman–Crippen LogP) is 2.52. The number of rotatable bonds is 6. The third-order valence-corrected chi connectivity index (χ3v) is 4.30. The van der Waals surface area contributed by atoms with Gasteiger partial charge in [0.15, 0.2) is 0 Å². The van der Waals surface area contributed by atoms with Gasteiger partial charge in [0, 0.05) is 37.3 Å². The molecule has 7 heteroatoms. The van der Waals surface area contributed by atoms with Crippen molar-refractivity contribution in [2.45, 2.75) is 19.0 Å². The molecule has 1 aliphatic heterocycles. The van der Waals surface area contributed by atoms with E-state index in [0.29, 0.717) is 11.6 Å². The number of amides is 1. The number of nitrogens with zero attached hydrogens (tertiary/aromatic N) is 1. The molecule has 0 aromatic heterocycles. The fourth-order valence-corrected chi connectivity index (χ4v) is 2.97. The van der Waals surface area contributed by atoms with E-state index in [1.165, 1.54) is 6.07 Å². The summed E-state index contributed by atoms with van der Waals surface area (Å²) < 4.78 is 26.6. The SMILES string of the molecule is CN(Cc1ccc(C(=O)Nc2ccc(F)cc2F)cc1)CC1CCNN1. The van der Waals surface area contributed by atoms with Crippen molar-refractivity contribution in [3.05, 3.63) is 65.2 Å². The van der Waals surface area contributed by atoms with Gasteiger partial charge >= 0.3 is 0 Å². The molecule has 26 heavy (non-hydrogen) atoms. The highest BCUT2D eigenvalue weighted by Gasteiger charge is 2.16. The summed E-state index contributed by atoms with van der Waals surface area (Å²) >= 11 is 0. The molecule has 138 valence electrons. The summed E-state index contributed by atoms with van der Waals surface area (Å²) in [6.07, 6.45) is 1.10. The van der Waals surface area contributed by atoms with E-state index in [1.54, 1.807) is 12.1 Å². The van der Waals surface area contributed by atoms with E-state index in [1.807, 2.05) is 12.1 Å². The molecule has 0 aliphatic carbocycles. The zero-order valence-corrected chi connectivity index (χ0v) is 14.6. The Morgan fingerprint density at radius 3 is 2.65 bits per heavy atom. The lowest BCUT2D eigenvalue weighted by Gasteiger charge is -2.20. The molecule has 0 saturated carbocycles. The number of hydrazine groups is 1. The molecule has 2 aromatic rings. The van der Waals surface area contributed by atoms with Gasteiger partial charge in [0.2, 0.25) is 0 Å². The van der Waals surface area contributed by atoms with E-state index in [9.17, 15) is 13.6 Å². The van der Waals surface area contributed by atoms with Crippen LogP contribution in [0, 0.1) is 11.6 Å². The first kappa shape index (κ1) is 18.4. The molecule has 3 rings (SSSR count). The summed E-state index contributed by atoms with van der Waals surface area (Å²) in [6, 6.07) is 10.7. The van der Waals surface area contributed by atoms with E-state index < -0.39 is 17.5 Å². The topological polar surface area (TPSA) is 56.4 Å². The van der Waals surface area contributed by atoms with Crippen molar-refractivity contribution >= 4 is 11.6 Å². The van der Waals surface area contributed by atoms with Crippen molar-refractivity contribution in [2.24, 2.45) is 0 Å². The fourth-order valence-electron chi connectivity index (χ4n) is 2.97. The first-order valence-electron chi connectivity index (χ1n) is 8.53. The van der Waals surface area contributed by atoms with Gasteiger partial charge in [0.1, 0.15) is 11.6 Å². The van der Waals surface area contributed by atoms with Gasteiger partial charge < -0.3 is 10.2 Å². The van der Waals surface area contributed by atoms with Crippen LogP contribution in [0.5, 0.6) is 0 Å². The van der Waals surface area contributed by atoms with Crippen molar-refractivity contribution in [3.8, 4) is 0 Å². The molecule has 0 bridgehead atoms. The Hall–Kier alpha value is -2.35. The summed E-state index contributed by atoms with van der Waals surface area (Å²) in [5.74, 6) is -1.92. The minimum absolute atomic E-state index is 0.0436. The van der Waals surface area contributed by atoms with Crippen molar-refractivity contribution in [1.29, 1.82) is 0 Å². The first-order chi connectivity index (χ1) is 12.5. The number of nitrogens with one attached hydrogen (secondary N) is 3. The molecule has 0 radical (unpaired) electrons. The molecule has 1 amide bonds. The standard InChI is InChI=1S/C19H22F2N4O/c1-25(12-16-8-9-22-24-16)11-13-2-4-14(5-3-13)19(26)23-18-7-6-15(20)10-17(18)21/h2-7,10,16,22,24H,8-9,11-12H2,1H3,(H,23,26). The molecule has 1 heterocycles. The van der Waals surface area contributed by atoms with Gasteiger partial charge in [-0.25, -0.2) is 8.78 Å². The van der Waals surface area contributed by atoms with Crippen LogP contribution in [-0.4, -0.2) is 37.0 Å². The van der Waals surface area contributed by atoms with Gasteiger partial charge in [-0.1, -0.05) is 12.1 Å². The number of anilines is 1. The molecule has 1 atom stereocenters. The van der Waals surface area contributed by atoms with Crippen molar-refractivity contribution in [1.82, 2.24) is 15.8 Å². The Kier molecular flexibility index (Phi) is 5.92. The second-order valence-corrected chi connectivity index (χ2v) is 6.53. The molecule has 2 aromatic carbocycles. The van der Waals surface area contributed by atoms with E-state index in [-0.39, 0.29) is 5.69 Å². The van der Waals surface area contributed by atoms with Gasteiger partial charge in [0.25, 0.3) is 5.91 Å². The lowest BCUT2D eigenvalue weighted by molar-refractivity contribution is 0.102. The van der Waals surface area contributed by atoms with Crippen LogP contribution < -0.4 is 16.2 Å². The van der Waals surface area contributed by atoms with E-state index in [0.717, 1.165) is 43.8 Å². The van der Waals surface area contributed by atoms with E-state index in [4.69, 9.17) is 0 Å². The van der Waals surface area contributed by atoms with E-state index >= 15 is 0 Å². The normalized spacial score (nSPS) is 16.8. The number of carbonyl (C=O) groups excluding carboxylic acids is 1. The van der Waals surface area contributed by atoms with Crippen LogP contribution in [0.15, 0.2) is 42.5 Å². The van der Waals surface area contributed by atoms with Crippen molar-refractivity contribution in [2.75, 3.05) is 25.5 Å². The van der Waals surface area contributed by atoms with Crippen molar-refractivity contribution < 1.29 is 13.6 Å². The first-order valence-corrected chi connectivity index (χ1v) is 8.53. The Bertz CT molecular complexity index is 761. The Balaban J connectivity index is 1.56. The number of benzene rings is 2. The van der Waals surface area contributed by atoms with Crippen LogP contribution in [-0.2, 0) is 6.54 Å². The third-order valence-electron chi connectivity index (χ3n) is 4.30. The predicted molar refractivity (Wildman–Crippen MR) is 96.6 cm³/mol. The third kappa shape index (κ3) is 4.85. The van der Waals surface area contributed by atoms with Gasteiger partial charge in [-0.15, -0.1) is 0 Å². The minimum atomic E-state index is -0.799. The molecule has 1 aliphatic rings. The Morgan fingerprint density at radius 2 is 2.00 bits per heavy atom. The molecule has 1 unspecified atom stereocenters. The van der Waals surface area contributed by atoms with Crippen LogP contribution in [0.3, 0.4) is 0 Å². The largest absolute Gasteiger partial charge is 0.319 e. The average molecular weight is 360 g/mol. The highest BCUT2D eigenvalue weighted by molar-refractivity contribution is 6.04. The maximum atomic E-state index is 13.6. The summed E-state index contributed by atoms with van der Waals surface area (Å²) in [5, 5.41) is 2.46. The number of carbonyl (C=O) groups is 1. The monoisotopic (exact) mass is 360 g/mol. The molecule has 3 N–H and O–H groups in total. The van der Waals surface area contributed by atoms with Crippen molar-refractivity contribution in [3.63, 3.8) is 0 Å². The van der Waals surface area contributed by atoms with Gasteiger partial charge in [-0.3, -0.25) is 15.6 Å². The van der Waals surface area contributed by atoms with Crippen LogP contribution in [0.1, 0.15) is 22.3 Å². The number of likely N-dealkylation sites (N-methyl/N-ethyl adjacent to an activating group) is 1. The van der Waals surface area contributed by atoms with Crippen LogP contribution in [0.25, 0.3) is 0 Å². The number of hydrogen-bond acceptors (Lipinski definition) is 4. The quantitative estimate of drug-likeness (QED) is 0.741. The van der Waals surface area contributed by atoms with Gasteiger partial charge in [-0.05, 0) is 43.3 Å². The number of halogens is 2. The smallest absolute Gasteiger partial charge is 0.255 e. The molecule has 5 nitrogen and oxygen atoms in total. The lowest BCUT2D eigenvalue weighted by Crippen LogP contribution is -2.38. The maximum absolute atomic E-state index is 13.6. The van der Waals surface area contributed by atoms with Crippen LogP contribution >= 0.6 is 0 Å². The summed E-state index contributed by atoms with van der Waals surface area (Å²) in [7, 11) is 2.05. The molecule has 1 fully saturated rings. The summed E-state index contributed by atoms with van der Waals surface area (Å²) in [4.78, 5) is 14.4. The summed E-state index contributed by atoms with van der Waals surface area (Å²) in [6.45, 7) is 2.68. The molecule has 0 spiro atoms. The maximum Gasteiger partial charge on any atom is 0.255 e. The van der Waals surface area contributed by atoms with Crippen LogP contribution in [0.4, 0.5) is 14.5 Å². The second kappa shape index (κ2) is 8.35. The minimum Gasteiger partial charge on any atom is -0.319 e. The second-order valence-electron chi connectivity index (χ2n) is 6.53.